The molecule has 0 amide bonds. The smallest absolute Gasteiger partial charge is 0.166 e. The van der Waals surface area contributed by atoms with E-state index in [1.807, 2.05) is 48.2 Å². The summed E-state index contributed by atoms with van der Waals surface area (Å²) < 4.78 is 12.2. The number of nitrogens with zero attached hydrogens (tertiary/aromatic N) is 2. The van der Waals surface area contributed by atoms with Crippen LogP contribution in [0.5, 0.6) is 11.5 Å². The Kier molecular flexibility index (Phi) is 7.47. The van der Waals surface area contributed by atoms with E-state index >= 15 is 0 Å². The number of ether oxygens (including phenoxy) is 2. The quantitative estimate of drug-likeness (QED) is 0.330. The monoisotopic (exact) mass is 518 g/mol. The topological polar surface area (TPSA) is 77.0 Å². The van der Waals surface area contributed by atoms with Gasteiger partial charge in [-0.05, 0) is 58.1 Å². The first-order valence-corrected chi connectivity index (χ1v) is 12.3. The van der Waals surface area contributed by atoms with Crippen molar-refractivity contribution in [3.8, 4) is 22.6 Å². The fourth-order valence-electron chi connectivity index (χ4n) is 4.64. The minimum absolute atomic E-state index is 0.317. The summed E-state index contributed by atoms with van der Waals surface area (Å²) in [6, 6.07) is 20.8. The molecule has 0 radical (unpaired) electrons. The van der Waals surface area contributed by atoms with E-state index in [9.17, 15) is 0 Å². The van der Waals surface area contributed by atoms with E-state index in [4.69, 9.17) is 45.4 Å². The minimum Gasteiger partial charge on any atom is -0.496 e. The van der Waals surface area contributed by atoms with Crippen molar-refractivity contribution >= 4 is 56.2 Å². The third-order valence-electron chi connectivity index (χ3n) is 6.38. The highest BCUT2D eigenvalue weighted by atomic mass is 32.1. The van der Waals surface area contributed by atoms with Crippen LogP contribution in [0.15, 0.2) is 60.7 Å². The van der Waals surface area contributed by atoms with Gasteiger partial charge in [0.15, 0.2) is 10.2 Å². The maximum atomic E-state index is 6.11. The Morgan fingerprint density at radius 2 is 1.06 bits per heavy atom. The second-order valence-electron chi connectivity index (χ2n) is 8.72. The van der Waals surface area contributed by atoms with E-state index in [2.05, 4.69) is 36.4 Å². The molecule has 6 nitrogen and oxygen atoms in total. The average molecular weight is 519 g/mol. The van der Waals surface area contributed by atoms with Gasteiger partial charge in [0.1, 0.15) is 11.5 Å². The Morgan fingerprint density at radius 3 is 1.39 bits per heavy atom. The Balaban J connectivity index is 2.14. The van der Waals surface area contributed by atoms with Crippen molar-refractivity contribution in [2.24, 2.45) is 11.5 Å². The Labute approximate surface area is 222 Å². The number of rotatable bonds is 7. The highest BCUT2D eigenvalue weighted by Gasteiger charge is 2.24. The molecule has 4 aromatic rings. The third kappa shape index (κ3) is 4.74. The summed E-state index contributed by atoms with van der Waals surface area (Å²) >= 11 is 10.4. The van der Waals surface area contributed by atoms with Gasteiger partial charge in [0.25, 0.3) is 0 Å². The van der Waals surface area contributed by atoms with Crippen LogP contribution in [-0.4, -0.2) is 48.3 Å². The van der Waals surface area contributed by atoms with E-state index in [-0.39, 0.29) is 0 Å². The van der Waals surface area contributed by atoms with Crippen molar-refractivity contribution < 1.29 is 9.47 Å². The van der Waals surface area contributed by atoms with Crippen molar-refractivity contribution in [1.29, 1.82) is 0 Å². The molecule has 0 saturated carbocycles. The Morgan fingerprint density at radius 1 is 0.694 bits per heavy atom. The summed E-state index contributed by atoms with van der Waals surface area (Å²) in [5, 5.41) is 4.90. The average Bonchev–Trinajstić information content (AvgIpc) is 2.86. The third-order valence-corrected chi connectivity index (χ3v) is 7.01. The van der Waals surface area contributed by atoms with Crippen LogP contribution in [0.2, 0.25) is 0 Å². The van der Waals surface area contributed by atoms with Crippen LogP contribution >= 0.6 is 24.4 Å². The molecule has 36 heavy (non-hydrogen) atoms. The number of thiocarbonyl (C=S) groups is 2. The molecular weight excluding hydrogens is 488 g/mol. The highest BCUT2D eigenvalue weighted by molar-refractivity contribution is 7.80. The van der Waals surface area contributed by atoms with Gasteiger partial charge < -0.3 is 30.7 Å². The molecule has 8 heteroatoms. The summed E-state index contributed by atoms with van der Waals surface area (Å²) in [6.07, 6.45) is 0. The molecule has 0 atom stereocenters. The molecule has 0 aromatic heterocycles. The van der Waals surface area contributed by atoms with Gasteiger partial charge in [-0.1, -0.05) is 48.5 Å². The molecule has 0 fully saturated rings. The zero-order chi connectivity index (χ0) is 26.0. The summed E-state index contributed by atoms with van der Waals surface area (Å²) in [5.41, 5.74) is 15.7. The normalized spacial score (nSPS) is 10.9. The zero-order valence-electron chi connectivity index (χ0n) is 20.9. The van der Waals surface area contributed by atoms with Gasteiger partial charge in [-0.3, -0.25) is 0 Å². The molecule has 0 aliphatic heterocycles. The maximum Gasteiger partial charge on any atom is 0.166 e. The van der Waals surface area contributed by atoms with Crippen molar-refractivity contribution in [3.05, 3.63) is 71.8 Å². The first-order chi connectivity index (χ1) is 17.3. The second kappa shape index (κ2) is 10.6. The molecule has 0 unspecified atom stereocenters. The molecule has 4 rings (SSSR count). The summed E-state index contributed by atoms with van der Waals surface area (Å²) in [7, 11) is 7.13. The van der Waals surface area contributed by atoms with Crippen molar-refractivity contribution in [2.45, 2.75) is 13.1 Å². The number of nitrogens with two attached hydrogens (primary N) is 2. The van der Waals surface area contributed by atoms with Gasteiger partial charge in [0.05, 0.1) is 14.2 Å². The van der Waals surface area contributed by atoms with E-state index in [1.54, 1.807) is 14.2 Å². The Bertz CT molecular complexity index is 1360. The van der Waals surface area contributed by atoms with E-state index < -0.39 is 0 Å². The van der Waals surface area contributed by atoms with Crippen LogP contribution in [0.4, 0.5) is 0 Å². The van der Waals surface area contributed by atoms with Crippen LogP contribution in [0, 0.1) is 0 Å². The SMILES string of the molecule is COc1c(CN(C)C(N)=S)cc2ccccc2c1-c1c(OC)c(CN(C)C(N)=S)cc2ccccc12. The standard InChI is InChI=1S/C28H30N4O2S2/c1-31(27(29)35)15-19-13-17-9-5-7-11-21(17)23(25(19)33-3)24-22-12-8-6-10-18(22)14-20(26(24)34-4)16-32(2)28(30)36/h5-14H,15-16H2,1-4H3,(H2,29,35)(H2,30,36). The van der Waals surface area contributed by atoms with Crippen LogP contribution < -0.4 is 20.9 Å². The predicted molar refractivity (Wildman–Crippen MR) is 156 cm³/mol. The lowest BCUT2D eigenvalue weighted by molar-refractivity contribution is 0.395. The van der Waals surface area contributed by atoms with Crippen LogP contribution in [0.3, 0.4) is 0 Å². The number of fused-ring (bicyclic) bond motifs is 2. The molecule has 0 bridgehead atoms. The Hall–Kier alpha value is -3.62. The molecule has 0 aliphatic rings. The molecule has 0 spiro atoms. The van der Waals surface area contributed by atoms with Crippen molar-refractivity contribution in [1.82, 2.24) is 9.80 Å². The molecule has 0 heterocycles. The van der Waals surface area contributed by atoms with Gasteiger partial charge in [-0.15, -0.1) is 0 Å². The first kappa shape index (κ1) is 25.5. The summed E-state index contributed by atoms with van der Waals surface area (Å²) in [5.74, 6) is 1.50. The van der Waals surface area contributed by atoms with Gasteiger partial charge in [0.2, 0.25) is 0 Å². The molecule has 0 saturated heterocycles. The van der Waals surface area contributed by atoms with E-state index in [1.165, 1.54) is 0 Å². The van der Waals surface area contributed by atoms with Gasteiger partial charge in [-0.2, -0.15) is 0 Å². The van der Waals surface area contributed by atoms with Gasteiger partial charge in [0, 0.05) is 49.4 Å². The molecule has 4 N–H and O–H groups in total. The lowest BCUT2D eigenvalue weighted by Crippen LogP contribution is -2.31. The fraction of sp³-hybridized carbons (Fsp3) is 0.214. The lowest BCUT2D eigenvalue weighted by atomic mass is 9.88. The maximum absolute atomic E-state index is 6.11. The number of hydrogen-bond acceptors (Lipinski definition) is 4. The predicted octanol–water partition coefficient (Wildman–Crippen LogP) is 5.03. The van der Waals surface area contributed by atoms with Crippen molar-refractivity contribution in [2.75, 3.05) is 28.3 Å². The second-order valence-corrected chi connectivity index (χ2v) is 9.56. The summed E-state index contributed by atoms with van der Waals surface area (Å²) in [4.78, 5) is 3.66. The van der Waals surface area contributed by atoms with Gasteiger partial charge >= 0.3 is 0 Å². The largest absolute Gasteiger partial charge is 0.496 e. The van der Waals surface area contributed by atoms with Crippen LogP contribution in [0.25, 0.3) is 32.7 Å². The number of benzene rings is 4. The molecule has 186 valence electrons. The minimum atomic E-state index is 0.317. The lowest BCUT2D eigenvalue weighted by Gasteiger charge is -2.25. The highest BCUT2D eigenvalue weighted by Crippen LogP contribution is 2.48. The summed E-state index contributed by atoms with van der Waals surface area (Å²) in [6.45, 7) is 1.00. The van der Waals surface area contributed by atoms with Crippen molar-refractivity contribution in [3.63, 3.8) is 0 Å². The fourth-order valence-corrected chi connectivity index (χ4v) is 4.77. The number of methoxy groups -OCH3 is 2. The number of hydrogen-bond donors (Lipinski definition) is 2. The van der Waals surface area contributed by atoms with E-state index in [0.717, 1.165) is 55.3 Å². The molecule has 4 aromatic carbocycles. The molecular formula is C28H30N4O2S2. The van der Waals surface area contributed by atoms with Crippen LogP contribution in [0.1, 0.15) is 11.1 Å². The van der Waals surface area contributed by atoms with Crippen LogP contribution in [-0.2, 0) is 13.1 Å². The zero-order valence-corrected chi connectivity index (χ0v) is 22.5. The van der Waals surface area contributed by atoms with Gasteiger partial charge in [-0.25, -0.2) is 0 Å². The molecule has 0 aliphatic carbocycles. The first-order valence-electron chi connectivity index (χ1n) is 11.5. The van der Waals surface area contributed by atoms with E-state index in [0.29, 0.717) is 23.3 Å².